The molecule has 0 aliphatic rings. The highest BCUT2D eigenvalue weighted by molar-refractivity contribution is 7.09. The predicted molar refractivity (Wildman–Crippen MR) is 92.5 cm³/mol. The van der Waals surface area contributed by atoms with Crippen LogP contribution in [0, 0.1) is 6.92 Å². The molecule has 1 aromatic carbocycles. The number of urea groups is 1. The number of carbonyl (C=O) groups is 1. The van der Waals surface area contributed by atoms with Crippen molar-refractivity contribution in [1.29, 1.82) is 0 Å². The van der Waals surface area contributed by atoms with Crippen molar-refractivity contribution in [3.05, 3.63) is 45.9 Å². The first-order valence-corrected chi connectivity index (χ1v) is 8.17. The maximum atomic E-state index is 12.2. The van der Waals surface area contributed by atoms with E-state index in [4.69, 9.17) is 0 Å². The van der Waals surface area contributed by atoms with Crippen LogP contribution in [0.25, 0.3) is 0 Å². The lowest BCUT2D eigenvalue weighted by Crippen LogP contribution is -2.31. The lowest BCUT2D eigenvalue weighted by Gasteiger charge is -2.20. The number of rotatable bonds is 3. The number of benzene rings is 1. The molecular formula is C17H23N3OS. The van der Waals surface area contributed by atoms with E-state index in [0.29, 0.717) is 6.54 Å². The Kier molecular flexibility index (Phi) is 4.86. The maximum Gasteiger partial charge on any atom is 0.321 e. The quantitative estimate of drug-likeness (QED) is 0.911. The van der Waals surface area contributed by atoms with Crippen molar-refractivity contribution in [2.75, 3.05) is 12.4 Å². The minimum atomic E-state index is -0.130. The second kappa shape index (κ2) is 6.48. The van der Waals surface area contributed by atoms with Crippen LogP contribution >= 0.6 is 11.3 Å². The molecule has 0 fully saturated rings. The summed E-state index contributed by atoms with van der Waals surface area (Å²) in [5, 5.41) is 5.91. The summed E-state index contributed by atoms with van der Waals surface area (Å²) in [6.07, 6.45) is 0. The molecule has 0 atom stereocenters. The zero-order valence-electron chi connectivity index (χ0n) is 13.8. The van der Waals surface area contributed by atoms with Gasteiger partial charge in [-0.1, -0.05) is 32.9 Å². The molecule has 0 aliphatic heterocycles. The van der Waals surface area contributed by atoms with Crippen molar-refractivity contribution >= 4 is 23.1 Å². The van der Waals surface area contributed by atoms with Gasteiger partial charge in [0, 0.05) is 18.1 Å². The Labute approximate surface area is 136 Å². The second-order valence-electron chi connectivity index (χ2n) is 6.47. The van der Waals surface area contributed by atoms with Gasteiger partial charge in [-0.3, -0.25) is 0 Å². The molecule has 0 spiro atoms. The number of thiazole rings is 1. The van der Waals surface area contributed by atoms with Crippen LogP contribution in [0.2, 0.25) is 0 Å². The fourth-order valence-electron chi connectivity index (χ4n) is 2.07. The van der Waals surface area contributed by atoms with E-state index in [2.05, 4.69) is 43.2 Å². The molecule has 22 heavy (non-hydrogen) atoms. The van der Waals surface area contributed by atoms with Crippen molar-refractivity contribution in [2.24, 2.45) is 0 Å². The van der Waals surface area contributed by atoms with E-state index >= 15 is 0 Å². The number of aromatic nitrogens is 1. The van der Waals surface area contributed by atoms with Gasteiger partial charge in [0.25, 0.3) is 0 Å². The van der Waals surface area contributed by atoms with Gasteiger partial charge in [-0.25, -0.2) is 9.78 Å². The summed E-state index contributed by atoms with van der Waals surface area (Å²) in [6.45, 7) is 8.99. The van der Waals surface area contributed by atoms with E-state index in [-0.39, 0.29) is 11.4 Å². The van der Waals surface area contributed by atoms with Gasteiger partial charge in [0.15, 0.2) is 0 Å². The SMILES string of the molecule is Cc1nc(CN(C)C(=O)Nc2ccc(C(C)(C)C)cc2)cs1. The third kappa shape index (κ3) is 4.31. The summed E-state index contributed by atoms with van der Waals surface area (Å²) < 4.78 is 0. The van der Waals surface area contributed by atoms with Crippen molar-refractivity contribution in [1.82, 2.24) is 9.88 Å². The zero-order valence-corrected chi connectivity index (χ0v) is 14.6. The van der Waals surface area contributed by atoms with Crippen molar-refractivity contribution in [3.8, 4) is 0 Å². The van der Waals surface area contributed by atoms with Gasteiger partial charge >= 0.3 is 6.03 Å². The normalized spacial score (nSPS) is 11.3. The van der Waals surface area contributed by atoms with Crippen molar-refractivity contribution < 1.29 is 4.79 Å². The number of amides is 2. The van der Waals surface area contributed by atoms with Gasteiger partial charge in [-0.15, -0.1) is 11.3 Å². The minimum Gasteiger partial charge on any atom is -0.322 e. The lowest BCUT2D eigenvalue weighted by atomic mass is 9.87. The molecular weight excluding hydrogens is 294 g/mol. The summed E-state index contributed by atoms with van der Waals surface area (Å²) in [5.74, 6) is 0. The summed E-state index contributed by atoms with van der Waals surface area (Å²) in [5.41, 5.74) is 3.08. The first kappa shape index (κ1) is 16.5. The minimum absolute atomic E-state index is 0.113. The Bertz CT molecular complexity index is 641. The first-order valence-electron chi connectivity index (χ1n) is 7.29. The van der Waals surface area contributed by atoms with Crippen LogP contribution in [0.5, 0.6) is 0 Å². The van der Waals surface area contributed by atoms with E-state index in [9.17, 15) is 4.79 Å². The highest BCUT2D eigenvalue weighted by Gasteiger charge is 2.14. The molecule has 0 bridgehead atoms. The Morgan fingerprint density at radius 3 is 2.41 bits per heavy atom. The van der Waals surface area contributed by atoms with Crippen LogP contribution in [0.1, 0.15) is 37.0 Å². The van der Waals surface area contributed by atoms with Crippen LogP contribution in [-0.4, -0.2) is 23.0 Å². The average Bonchev–Trinajstić information content (AvgIpc) is 2.83. The number of hydrogen-bond donors (Lipinski definition) is 1. The van der Waals surface area contributed by atoms with E-state index in [0.717, 1.165) is 16.4 Å². The fourth-order valence-corrected chi connectivity index (χ4v) is 2.67. The van der Waals surface area contributed by atoms with E-state index < -0.39 is 0 Å². The Hall–Kier alpha value is -1.88. The molecule has 2 amide bonds. The Morgan fingerprint density at radius 1 is 1.27 bits per heavy atom. The topological polar surface area (TPSA) is 45.2 Å². The van der Waals surface area contributed by atoms with Crippen LogP contribution in [0.3, 0.4) is 0 Å². The lowest BCUT2D eigenvalue weighted by molar-refractivity contribution is 0.220. The number of nitrogens with one attached hydrogen (secondary N) is 1. The van der Waals surface area contributed by atoms with E-state index in [1.165, 1.54) is 5.56 Å². The van der Waals surface area contributed by atoms with Crippen molar-refractivity contribution in [3.63, 3.8) is 0 Å². The summed E-state index contributed by atoms with van der Waals surface area (Å²) in [6, 6.07) is 7.87. The number of aryl methyl sites for hydroxylation is 1. The molecule has 0 saturated carbocycles. The van der Waals surface area contributed by atoms with Crippen LogP contribution < -0.4 is 5.32 Å². The van der Waals surface area contributed by atoms with Gasteiger partial charge < -0.3 is 10.2 Å². The van der Waals surface area contributed by atoms with E-state index in [1.54, 1.807) is 23.3 Å². The fraction of sp³-hybridized carbons (Fsp3) is 0.412. The van der Waals surface area contributed by atoms with Crippen molar-refractivity contribution in [2.45, 2.75) is 39.7 Å². The predicted octanol–water partition coefficient (Wildman–Crippen LogP) is 4.41. The van der Waals surface area contributed by atoms with Gasteiger partial charge in [0.05, 0.1) is 17.2 Å². The number of carbonyl (C=O) groups excluding carboxylic acids is 1. The molecule has 0 aliphatic carbocycles. The van der Waals surface area contributed by atoms with Gasteiger partial charge in [-0.2, -0.15) is 0 Å². The molecule has 1 heterocycles. The molecule has 0 unspecified atom stereocenters. The molecule has 1 N–H and O–H groups in total. The molecule has 5 heteroatoms. The average molecular weight is 317 g/mol. The highest BCUT2D eigenvalue weighted by atomic mass is 32.1. The van der Waals surface area contributed by atoms with Gasteiger partial charge in [-0.05, 0) is 30.0 Å². The Morgan fingerprint density at radius 2 is 1.91 bits per heavy atom. The summed E-state index contributed by atoms with van der Waals surface area (Å²) >= 11 is 1.60. The molecule has 118 valence electrons. The number of anilines is 1. The second-order valence-corrected chi connectivity index (χ2v) is 7.53. The molecule has 2 aromatic rings. The highest BCUT2D eigenvalue weighted by Crippen LogP contribution is 2.23. The molecule has 0 radical (unpaired) electrons. The summed E-state index contributed by atoms with van der Waals surface area (Å²) in [4.78, 5) is 18.2. The third-order valence-corrected chi connectivity index (χ3v) is 4.24. The monoisotopic (exact) mass is 317 g/mol. The van der Waals surface area contributed by atoms with Gasteiger partial charge in [0.2, 0.25) is 0 Å². The standard InChI is InChI=1S/C17H23N3OS/c1-12-18-15(11-22-12)10-20(5)16(21)19-14-8-6-13(7-9-14)17(2,3)4/h6-9,11H,10H2,1-5H3,(H,19,21). The number of nitrogens with zero attached hydrogens (tertiary/aromatic N) is 2. The van der Waals surface area contributed by atoms with E-state index in [1.807, 2.05) is 24.4 Å². The smallest absolute Gasteiger partial charge is 0.321 e. The maximum absolute atomic E-state index is 12.2. The van der Waals surface area contributed by atoms with Crippen LogP contribution in [0.15, 0.2) is 29.6 Å². The van der Waals surface area contributed by atoms with Crippen LogP contribution in [-0.2, 0) is 12.0 Å². The number of hydrogen-bond acceptors (Lipinski definition) is 3. The summed E-state index contributed by atoms with van der Waals surface area (Å²) in [7, 11) is 1.77. The molecule has 1 aromatic heterocycles. The largest absolute Gasteiger partial charge is 0.322 e. The van der Waals surface area contributed by atoms with Crippen LogP contribution in [0.4, 0.5) is 10.5 Å². The van der Waals surface area contributed by atoms with Gasteiger partial charge in [0.1, 0.15) is 0 Å². The molecule has 2 rings (SSSR count). The molecule has 0 saturated heterocycles. The third-order valence-electron chi connectivity index (χ3n) is 3.41. The Balaban J connectivity index is 1.96. The first-order chi connectivity index (χ1) is 10.3. The zero-order chi connectivity index (χ0) is 16.3. The molecule has 4 nitrogen and oxygen atoms in total.